The molecule has 0 bridgehead atoms. The Kier molecular flexibility index (Phi) is 3.93. The summed E-state index contributed by atoms with van der Waals surface area (Å²) in [6.45, 7) is 5.25. The molecule has 1 aromatic carbocycles. The van der Waals surface area contributed by atoms with Crippen LogP contribution < -0.4 is 0 Å². The number of benzene rings is 1. The Hall–Kier alpha value is -2.09. The van der Waals surface area contributed by atoms with Crippen molar-refractivity contribution < 1.29 is 22.6 Å². The molecule has 0 N–H and O–H groups in total. The second kappa shape index (κ2) is 5.49. The zero-order chi connectivity index (χ0) is 14.9. The molecule has 7 heteroatoms. The number of hydrogen-bond donors (Lipinski definition) is 0. The summed E-state index contributed by atoms with van der Waals surface area (Å²) >= 11 is -3.02. The molecule has 1 aliphatic heterocycles. The van der Waals surface area contributed by atoms with Gasteiger partial charge >= 0.3 is 0 Å². The quantitative estimate of drug-likeness (QED) is 0.475. The van der Waals surface area contributed by atoms with Crippen molar-refractivity contribution in [3.8, 4) is 0 Å². The van der Waals surface area contributed by atoms with E-state index in [1.807, 2.05) is 0 Å². The third kappa shape index (κ3) is 2.34. The van der Waals surface area contributed by atoms with E-state index < -0.39 is 23.2 Å². The summed E-state index contributed by atoms with van der Waals surface area (Å²) in [5.41, 5.74) is 1.53. The molecule has 0 aromatic heterocycles. The zero-order valence-electron chi connectivity index (χ0n) is 10.5. The largest absolute Gasteiger partial charge is 0.748 e. The van der Waals surface area contributed by atoms with Gasteiger partial charge in [0.1, 0.15) is 11.4 Å². The first-order valence-electron chi connectivity index (χ1n) is 5.56. The Bertz CT molecular complexity index is 665. The Morgan fingerprint density at radius 2 is 2.05 bits per heavy atom. The van der Waals surface area contributed by atoms with Crippen LogP contribution in [0.3, 0.4) is 0 Å². The molecule has 0 fully saturated rings. The van der Waals surface area contributed by atoms with Crippen LogP contribution in [0.5, 0.6) is 0 Å². The molecule has 104 valence electrons. The number of hydroxylamine groups is 2. The van der Waals surface area contributed by atoms with Gasteiger partial charge in [-0.25, -0.2) is 4.21 Å². The van der Waals surface area contributed by atoms with Crippen molar-refractivity contribution >= 4 is 28.7 Å². The van der Waals surface area contributed by atoms with Crippen LogP contribution in [-0.4, -0.2) is 25.6 Å². The number of nitrogens with zero attached hydrogens (tertiary/aromatic N) is 1. The first-order chi connectivity index (χ1) is 9.47. The highest BCUT2D eigenvalue weighted by Gasteiger charge is 2.37. The molecule has 0 spiro atoms. The van der Waals surface area contributed by atoms with Crippen LogP contribution in [0.2, 0.25) is 0 Å². The van der Waals surface area contributed by atoms with Crippen LogP contribution in [0.4, 0.5) is 0 Å². The maximum atomic E-state index is 12.2. The van der Waals surface area contributed by atoms with Gasteiger partial charge in [-0.05, 0) is 24.6 Å². The molecule has 2 amide bonds. The lowest BCUT2D eigenvalue weighted by Gasteiger charge is -2.28. The van der Waals surface area contributed by atoms with Crippen LogP contribution in [0.25, 0.3) is 5.57 Å². The number of allylic oxidation sites excluding steroid dienone is 2. The lowest BCUT2D eigenvalue weighted by atomic mass is 9.90. The number of imide groups is 1. The molecule has 2 rings (SSSR count). The van der Waals surface area contributed by atoms with Crippen molar-refractivity contribution in [2.24, 2.45) is 0 Å². The fraction of sp³-hybridized carbons (Fsp3) is 0.0769. The summed E-state index contributed by atoms with van der Waals surface area (Å²) in [5, 5.41) is 0.222. The Morgan fingerprint density at radius 1 is 1.35 bits per heavy atom. The van der Waals surface area contributed by atoms with E-state index in [0.717, 1.165) is 5.56 Å². The minimum atomic E-state index is -3.02. The van der Waals surface area contributed by atoms with Gasteiger partial charge in [0.25, 0.3) is 11.8 Å². The van der Waals surface area contributed by atoms with Gasteiger partial charge < -0.3 is 4.55 Å². The summed E-state index contributed by atoms with van der Waals surface area (Å²) in [6, 6.07) is 4.89. The number of hydrogen-bond acceptors (Lipinski definition) is 5. The first kappa shape index (κ1) is 14.3. The van der Waals surface area contributed by atoms with Crippen molar-refractivity contribution in [3.05, 3.63) is 53.6 Å². The van der Waals surface area contributed by atoms with Crippen LogP contribution in [0.1, 0.15) is 21.5 Å². The smallest absolute Gasteiger partial charge is 0.286 e. The molecule has 6 nitrogen and oxygen atoms in total. The van der Waals surface area contributed by atoms with E-state index >= 15 is 0 Å². The Labute approximate surface area is 117 Å². The predicted octanol–water partition coefficient (Wildman–Crippen LogP) is 1.27. The van der Waals surface area contributed by atoms with Gasteiger partial charge in [0.15, 0.2) is 0 Å². The SMILES string of the molecule is C=C/C=C1/C(=O)N(OS(=O)[O-])C(=O)c2cccc(C)c21. The van der Waals surface area contributed by atoms with Gasteiger partial charge in [0, 0.05) is 5.56 Å². The highest BCUT2D eigenvalue weighted by Crippen LogP contribution is 2.31. The average molecular weight is 292 g/mol. The molecule has 1 unspecified atom stereocenters. The third-order valence-corrected chi connectivity index (χ3v) is 3.06. The van der Waals surface area contributed by atoms with E-state index in [1.165, 1.54) is 18.2 Å². The first-order valence-corrected chi connectivity index (χ1v) is 6.56. The lowest BCUT2D eigenvalue weighted by Crippen LogP contribution is -2.42. The lowest BCUT2D eigenvalue weighted by molar-refractivity contribution is -0.141. The highest BCUT2D eigenvalue weighted by atomic mass is 32.2. The van der Waals surface area contributed by atoms with E-state index in [1.54, 1.807) is 19.1 Å². The van der Waals surface area contributed by atoms with Crippen molar-refractivity contribution in [2.45, 2.75) is 6.92 Å². The van der Waals surface area contributed by atoms with E-state index in [2.05, 4.69) is 10.9 Å². The number of rotatable bonds is 3. The second-order valence-electron chi connectivity index (χ2n) is 4.00. The predicted molar refractivity (Wildman–Crippen MR) is 70.5 cm³/mol. The molecule has 20 heavy (non-hydrogen) atoms. The number of carbonyl (C=O) groups is 2. The maximum absolute atomic E-state index is 12.2. The standard InChI is InChI=1S/C13H11NO5S/c1-3-5-9-11-8(2)6-4-7-10(11)13(16)14(12(9)15)19-20(17)18/h3-7H,1H2,2H3,(H,17,18)/p-1/b9-5+. The topological polar surface area (TPSA) is 86.7 Å². The molecule has 1 atom stereocenters. The van der Waals surface area contributed by atoms with Gasteiger partial charge in [0.05, 0.1) is 11.1 Å². The van der Waals surface area contributed by atoms with Crippen molar-refractivity contribution in [3.63, 3.8) is 0 Å². The average Bonchev–Trinajstić information content (AvgIpc) is 2.39. The molecule has 1 aromatic rings. The fourth-order valence-corrected chi connectivity index (χ4v) is 2.28. The molecule has 1 heterocycles. The van der Waals surface area contributed by atoms with Gasteiger partial charge in [-0.2, -0.15) is 4.28 Å². The van der Waals surface area contributed by atoms with Crippen LogP contribution in [-0.2, 0) is 20.4 Å². The number of fused-ring (bicyclic) bond motifs is 1. The Morgan fingerprint density at radius 3 is 2.65 bits per heavy atom. The number of amides is 2. The fourth-order valence-electron chi connectivity index (χ4n) is 2.02. The summed E-state index contributed by atoms with van der Waals surface area (Å²) in [6.07, 6.45) is 2.79. The van der Waals surface area contributed by atoms with Crippen molar-refractivity contribution in [1.82, 2.24) is 5.06 Å². The summed E-state index contributed by atoms with van der Waals surface area (Å²) < 4.78 is 25.5. The molecular formula is C13H10NO5S-. The van der Waals surface area contributed by atoms with Gasteiger partial charge in [0.2, 0.25) is 0 Å². The molecule has 1 aliphatic rings. The molecule has 0 radical (unpaired) electrons. The monoisotopic (exact) mass is 292 g/mol. The van der Waals surface area contributed by atoms with E-state index in [0.29, 0.717) is 5.56 Å². The maximum Gasteiger partial charge on any atom is 0.286 e. The minimum absolute atomic E-state index is 0.151. The second-order valence-corrected chi connectivity index (χ2v) is 4.55. The summed E-state index contributed by atoms with van der Waals surface area (Å²) in [7, 11) is 0. The highest BCUT2D eigenvalue weighted by molar-refractivity contribution is 7.74. The van der Waals surface area contributed by atoms with E-state index in [9.17, 15) is 18.4 Å². The minimum Gasteiger partial charge on any atom is -0.748 e. The number of aryl methyl sites for hydroxylation is 1. The van der Waals surface area contributed by atoms with E-state index in [4.69, 9.17) is 0 Å². The summed E-state index contributed by atoms with van der Waals surface area (Å²) in [5.74, 6) is -1.67. The van der Waals surface area contributed by atoms with Crippen LogP contribution in [0.15, 0.2) is 36.9 Å². The Balaban J connectivity index is 2.67. The van der Waals surface area contributed by atoms with E-state index in [-0.39, 0.29) is 16.2 Å². The normalized spacial score (nSPS) is 18.1. The van der Waals surface area contributed by atoms with Gasteiger partial charge in [-0.15, -0.1) is 5.06 Å². The zero-order valence-corrected chi connectivity index (χ0v) is 11.3. The summed E-state index contributed by atoms with van der Waals surface area (Å²) in [4.78, 5) is 24.3. The molecule has 0 aliphatic carbocycles. The van der Waals surface area contributed by atoms with Gasteiger partial charge in [-0.3, -0.25) is 9.59 Å². The molecule has 0 saturated carbocycles. The molecular weight excluding hydrogens is 282 g/mol. The molecule has 0 saturated heterocycles. The van der Waals surface area contributed by atoms with Crippen molar-refractivity contribution in [1.29, 1.82) is 0 Å². The third-order valence-electron chi connectivity index (χ3n) is 2.79. The van der Waals surface area contributed by atoms with Crippen LogP contribution >= 0.6 is 0 Å². The number of carbonyl (C=O) groups excluding carboxylic acids is 2. The van der Waals surface area contributed by atoms with Crippen LogP contribution in [0, 0.1) is 6.92 Å². The van der Waals surface area contributed by atoms with Gasteiger partial charge in [-0.1, -0.05) is 24.8 Å². The van der Waals surface area contributed by atoms with Crippen molar-refractivity contribution in [2.75, 3.05) is 0 Å².